The molecule has 0 aliphatic carbocycles. The molecule has 0 bridgehead atoms. The van der Waals surface area contributed by atoms with Gasteiger partial charge in [-0.1, -0.05) is 16.8 Å². The molecule has 22 heavy (non-hydrogen) atoms. The SMILES string of the molecule is Cc1nc(CN(C)Cc2cccn2-c2ccc(Cl)cn2)no1. The van der Waals surface area contributed by atoms with Gasteiger partial charge in [0.1, 0.15) is 5.82 Å². The van der Waals surface area contributed by atoms with E-state index >= 15 is 0 Å². The van der Waals surface area contributed by atoms with Gasteiger partial charge in [0.15, 0.2) is 5.82 Å². The second kappa shape index (κ2) is 6.29. The van der Waals surface area contributed by atoms with Crippen molar-refractivity contribution in [1.82, 2.24) is 24.6 Å². The molecule has 0 unspecified atom stereocenters. The molecule has 0 N–H and O–H groups in total. The fourth-order valence-electron chi connectivity index (χ4n) is 2.26. The van der Waals surface area contributed by atoms with Crippen LogP contribution in [0.15, 0.2) is 41.2 Å². The minimum atomic E-state index is 0.581. The van der Waals surface area contributed by atoms with Gasteiger partial charge in [-0.25, -0.2) is 4.98 Å². The van der Waals surface area contributed by atoms with Gasteiger partial charge in [0, 0.05) is 31.6 Å². The fourth-order valence-corrected chi connectivity index (χ4v) is 2.37. The molecule has 3 heterocycles. The van der Waals surface area contributed by atoms with E-state index in [1.807, 2.05) is 36.0 Å². The van der Waals surface area contributed by atoms with Gasteiger partial charge in [-0.3, -0.25) is 4.90 Å². The quantitative estimate of drug-likeness (QED) is 0.724. The number of aromatic nitrogens is 4. The molecule has 0 amide bonds. The van der Waals surface area contributed by atoms with Crippen molar-refractivity contribution in [1.29, 1.82) is 0 Å². The van der Waals surface area contributed by atoms with Crippen molar-refractivity contribution in [2.45, 2.75) is 20.0 Å². The third-order valence-electron chi connectivity index (χ3n) is 3.20. The van der Waals surface area contributed by atoms with Crippen LogP contribution in [0.5, 0.6) is 0 Å². The summed E-state index contributed by atoms with van der Waals surface area (Å²) >= 11 is 5.89. The molecule has 114 valence electrons. The zero-order chi connectivity index (χ0) is 15.5. The highest BCUT2D eigenvalue weighted by Gasteiger charge is 2.10. The topological polar surface area (TPSA) is 60.0 Å². The molecule has 3 rings (SSSR count). The Balaban J connectivity index is 1.73. The first-order valence-electron chi connectivity index (χ1n) is 6.88. The van der Waals surface area contributed by atoms with Crippen LogP contribution in [0, 0.1) is 6.92 Å². The molecule has 0 aliphatic rings. The minimum absolute atomic E-state index is 0.581. The normalized spacial score (nSPS) is 11.3. The van der Waals surface area contributed by atoms with Crippen molar-refractivity contribution in [3.05, 3.63) is 59.1 Å². The van der Waals surface area contributed by atoms with Crippen molar-refractivity contribution in [2.75, 3.05) is 7.05 Å². The van der Waals surface area contributed by atoms with Crippen LogP contribution in [-0.2, 0) is 13.1 Å². The summed E-state index contributed by atoms with van der Waals surface area (Å²) in [5, 5.41) is 4.54. The van der Waals surface area contributed by atoms with Crippen LogP contribution in [0.1, 0.15) is 17.4 Å². The minimum Gasteiger partial charge on any atom is -0.340 e. The number of hydrogen-bond donors (Lipinski definition) is 0. The molecule has 6 nitrogen and oxygen atoms in total. The van der Waals surface area contributed by atoms with Crippen LogP contribution in [0.25, 0.3) is 5.82 Å². The summed E-state index contributed by atoms with van der Waals surface area (Å²) in [6.07, 6.45) is 3.63. The summed E-state index contributed by atoms with van der Waals surface area (Å²) in [6.45, 7) is 3.15. The van der Waals surface area contributed by atoms with Gasteiger partial charge in [-0.2, -0.15) is 4.98 Å². The molecule has 3 aromatic heterocycles. The molecule has 0 radical (unpaired) electrons. The molecule has 0 aliphatic heterocycles. The standard InChI is InChI=1S/C15H16ClN5O/c1-11-18-14(19-22-11)10-20(2)9-13-4-3-7-21(13)15-6-5-12(16)8-17-15/h3-8H,9-10H2,1-2H3. The summed E-state index contributed by atoms with van der Waals surface area (Å²) in [6, 6.07) is 7.79. The third-order valence-corrected chi connectivity index (χ3v) is 3.43. The Morgan fingerprint density at radius 1 is 1.27 bits per heavy atom. The molecule has 0 spiro atoms. The molecule has 0 aromatic carbocycles. The monoisotopic (exact) mass is 317 g/mol. The Kier molecular flexibility index (Phi) is 4.22. The summed E-state index contributed by atoms with van der Waals surface area (Å²) in [5.74, 6) is 2.10. The fraction of sp³-hybridized carbons (Fsp3) is 0.267. The average molecular weight is 318 g/mol. The lowest BCUT2D eigenvalue weighted by Gasteiger charge is -2.16. The first kappa shape index (κ1) is 14.7. The number of pyridine rings is 1. The maximum Gasteiger partial charge on any atom is 0.223 e. The second-order valence-corrected chi connectivity index (χ2v) is 5.54. The van der Waals surface area contributed by atoms with Crippen LogP contribution in [0.4, 0.5) is 0 Å². The Labute approximate surface area is 133 Å². The smallest absolute Gasteiger partial charge is 0.223 e. The number of rotatable bonds is 5. The second-order valence-electron chi connectivity index (χ2n) is 5.11. The highest BCUT2D eigenvalue weighted by atomic mass is 35.5. The van der Waals surface area contributed by atoms with Gasteiger partial charge in [0.25, 0.3) is 0 Å². The van der Waals surface area contributed by atoms with Crippen LogP contribution >= 0.6 is 11.6 Å². The van der Waals surface area contributed by atoms with Gasteiger partial charge in [-0.05, 0) is 31.3 Å². The van der Waals surface area contributed by atoms with Gasteiger partial charge in [-0.15, -0.1) is 0 Å². The summed E-state index contributed by atoms with van der Waals surface area (Å²) < 4.78 is 7.03. The lowest BCUT2D eigenvalue weighted by molar-refractivity contribution is 0.295. The molecule has 0 saturated carbocycles. The number of aryl methyl sites for hydroxylation is 1. The van der Waals surface area contributed by atoms with E-state index in [-0.39, 0.29) is 0 Å². The third kappa shape index (κ3) is 3.35. The van der Waals surface area contributed by atoms with Crippen molar-refractivity contribution < 1.29 is 4.52 Å². The van der Waals surface area contributed by atoms with E-state index in [0.29, 0.717) is 23.3 Å². The van der Waals surface area contributed by atoms with Crippen molar-refractivity contribution in [2.24, 2.45) is 0 Å². The summed E-state index contributed by atoms with van der Waals surface area (Å²) in [5.41, 5.74) is 1.12. The van der Waals surface area contributed by atoms with Gasteiger partial charge in [0.05, 0.1) is 11.6 Å². The molecule has 3 aromatic rings. The number of nitrogens with zero attached hydrogens (tertiary/aromatic N) is 5. The summed E-state index contributed by atoms with van der Waals surface area (Å²) in [7, 11) is 2.01. The molecule has 0 saturated heterocycles. The zero-order valence-corrected chi connectivity index (χ0v) is 13.2. The maximum absolute atomic E-state index is 5.89. The molecular weight excluding hydrogens is 302 g/mol. The van der Waals surface area contributed by atoms with Crippen molar-refractivity contribution >= 4 is 11.6 Å². The lowest BCUT2D eigenvalue weighted by atomic mass is 10.3. The van der Waals surface area contributed by atoms with E-state index in [4.69, 9.17) is 16.1 Å². The Hall–Kier alpha value is -2.18. The van der Waals surface area contributed by atoms with Crippen molar-refractivity contribution in [3.8, 4) is 5.82 Å². The Morgan fingerprint density at radius 2 is 2.14 bits per heavy atom. The maximum atomic E-state index is 5.89. The van der Waals surface area contributed by atoms with Crippen LogP contribution < -0.4 is 0 Å². The molecular formula is C15H16ClN5O. The number of halogens is 1. The number of hydrogen-bond acceptors (Lipinski definition) is 5. The van der Waals surface area contributed by atoms with Gasteiger partial charge in [0.2, 0.25) is 5.89 Å². The largest absolute Gasteiger partial charge is 0.340 e. The highest BCUT2D eigenvalue weighted by molar-refractivity contribution is 6.30. The first-order chi connectivity index (χ1) is 10.6. The highest BCUT2D eigenvalue weighted by Crippen LogP contribution is 2.15. The summed E-state index contributed by atoms with van der Waals surface area (Å²) in [4.78, 5) is 10.7. The molecule has 0 fully saturated rings. The van der Waals surface area contributed by atoms with E-state index in [1.54, 1.807) is 13.1 Å². The van der Waals surface area contributed by atoms with E-state index in [2.05, 4.69) is 26.1 Å². The first-order valence-corrected chi connectivity index (χ1v) is 7.25. The van der Waals surface area contributed by atoms with Gasteiger partial charge >= 0.3 is 0 Å². The van der Waals surface area contributed by atoms with Crippen molar-refractivity contribution in [3.63, 3.8) is 0 Å². The van der Waals surface area contributed by atoms with E-state index in [0.717, 1.165) is 18.1 Å². The van der Waals surface area contributed by atoms with Gasteiger partial charge < -0.3 is 9.09 Å². The Morgan fingerprint density at radius 3 is 2.82 bits per heavy atom. The van der Waals surface area contributed by atoms with Crippen LogP contribution in [0.3, 0.4) is 0 Å². The van der Waals surface area contributed by atoms with E-state index in [1.165, 1.54) is 0 Å². The predicted octanol–water partition coefficient (Wildman–Crippen LogP) is 2.85. The molecule has 7 heteroatoms. The zero-order valence-electron chi connectivity index (χ0n) is 12.4. The predicted molar refractivity (Wildman–Crippen MR) is 82.8 cm³/mol. The lowest BCUT2D eigenvalue weighted by Crippen LogP contribution is -2.20. The van der Waals surface area contributed by atoms with Crippen LogP contribution in [-0.4, -0.2) is 31.6 Å². The van der Waals surface area contributed by atoms with E-state index < -0.39 is 0 Å². The average Bonchev–Trinajstić information content (AvgIpc) is 3.09. The van der Waals surface area contributed by atoms with Crippen LogP contribution in [0.2, 0.25) is 5.02 Å². The Bertz CT molecular complexity index is 749. The van der Waals surface area contributed by atoms with E-state index in [9.17, 15) is 0 Å². The molecule has 0 atom stereocenters.